The molecule has 0 bridgehead atoms. The second-order valence-corrected chi connectivity index (χ2v) is 6.45. The molecule has 3 nitrogen and oxygen atoms in total. The fourth-order valence-electron chi connectivity index (χ4n) is 1.96. The lowest BCUT2D eigenvalue weighted by Crippen LogP contribution is -2.12. The summed E-state index contributed by atoms with van der Waals surface area (Å²) in [6.07, 6.45) is 0. The molecule has 3 rings (SSSR count). The lowest BCUT2D eigenvalue weighted by molar-refractivity contribution is 0.102. The summed E-state index contributed by atoms with van der Waals surface area (Å²) in [6, 6.07) is 7.91. The molecule has 0 aliphatic rings. The number of halogens is 4. The molecule has 0 spiro atoms. The molecule has 0 fully saturated rings. The second-order valence-electron chi connectivity index (χ2n) is 4.75. The molecule has 0 unspecified atom stereocenters. The van der Waals surface area contributed by atoms with Crippen molar-refractivity contribution in [2.24, 2.45) is 0 Å². The summed E-state index contributed by atoms with van der Waals surface area (Å²) in [5.41, 5.74) is 1.24. The van der Waals surface area contributed by atoms with Gasteiger partial charge in [-0.05, 0) is 36.4 Å². The number of amides is 1. The number of hydrogen-bond donors (Lipinski definition) is 1. The highest BCUT2D eigenvalue weighted by Crippen LogP contribution is 2.32. The average Bonchev–Trinajstić information content (AvgIpc) is 2.98. The number of aromatic nitrogens is 1. The number of nitrogens with zero attached hydrogens (tertiary/aromatic N) is 1. The summed E-state index contributed by atoms with van der Waals surface area (Å²) < 4.78 is 26.1. The van der Waals surface area contributed by atoms with Crippen LogP contribution < -0.4 is 5.32 Å². The molecular formula is C16H8Cl2F2N2OS. The number of carbonyl (C=O) groups excluding carboxylic acids is 1. The molecule has 0 aliphatic carbocycles. The quantitative estimate of drug-likeness (QED) is 0.633. The second kappa shape index (κ2) is 6.84. The standard InChI is InChI=1S/C16H8Cl2F2N2OS/c17-9-2-3-10(11(18)6-9)14-7-24-16(21-14)22-15(23)8-1-4-12(19)13(20)5-8/h1-7H,(H,21,22,23). The van der Waals surface area contributed by atoms with Gasteiger partial charge < -0.3 is 0 Å². The smallest absolute Gasteiger partial charge is 0.257 e. The minimum absolute atomic E-state index is 0.00447. The van der Waals surface area contributed by atoms with Gasteiger partial charge in [0.25, 0.3) is 5.91 Å². The lowest BCUT2D eigenvalue weighted by atomic mass is 10.2. The minimum atomic E-state index is -1.09. The van der Waals surface area contributed by atoms with Crippen LogP contribution in [0.3, 0.4) is 0 Å². The predicted molar refractivity (Wildman–Crippen MR) is 91.9 cm³/mol. The van der Waals surface area contributed by atoms with Gasteiger partial charge in [-0.2, -0.15) is 0 Å². The zero-order valence-corrected chi connectivity index (χ0v) is 14.1. The lowest BCUT2D eigenvalue weighted by Gasteiger charge is -2.03. The van der Waals surface area contributed by atoms with E-state index in [1.54, 1.807) is 23.6 Å². The predicted octanol–water partition coefficient (Wildman–Crippen LogP) is 5.65. The minimum Gasteiger partial charge on any atom is -0.298 e. The topological polar surface area (TPSA) is 42.0 Å². The van der Waals surface area contributed by atoms with Crippen LogP contribution in [0.25, 0.3) is 11.3 Å². The summed E-state index contributed by atoms with van der Waals surface area (Å²) in [6.45, 7) is 0. The van der Waals surface area contributed by atoms with Crippen LogP contribution in [0.4, 0.5) is 13.9 Å². The van der Waals surface area contributed by atoms with E-state index in [2.05, 4.69) is 10.3 Å². The van der Waals surface area contributed by atoms with Crippen molar-refractivity contribution in [3.05, 3.63) is 69.0 Å². The van der Waals surface area contributed by atoms with Crippen LogP contribution in [-0.2, 0) is 0 Å². The number of anilines is 1. The van der Waals surface area contributed by atoms with Crippen molar-refractivity contribution in [3.63, 3.8) is 0 Å². The molecule has 1 aromatic heterocycles. The van der Waals surface area contributed by atoms with Gasteiger partial charge in [0.2, 0.25) is 0 Å². The van der Waals surface area contributed by atoms with Crippen LogP contribution in [0.15, 0.2) is 41.8 Å². The maximum Gasteiger partial charge on any atom is 0.257 e. The zero-order chi connectivity index (χ0) is 17.3. The summed E-state index contributed by atoms with van der Waals surface area (Å²) in [5.74, 6) is -2.69. The number of nitrogens with one attached hydrogen (secondary N) is 1. The van der Waals surface area contributed by atoms with Crippen LogP contribution in [0.1, 0.15) is 10.4 Å². The number of carbonyl (C=O) groups is 1. The van der Waals surface area contributed by atoms with Crippen LogP contribution in [0.2, 0.25) is 10.0 Å². The number of benzene rings is 2. The van der Waals surface area contributed by atoms with Crippen molar-refractivity contribution in [2.75, 3.05) is 5.32 Å². The highest BCUT2D eigenvalue weighted by molar-refractivity contribution is 7.14. The first-order valence-electron chi connectivity index (χ1n) is 6.61. The van der Waals surface area contributed by atoms with E-state index in [9.17, 15) is 13.6 Å². The summed E-state index contributed by atoms with van der Waals surface area (Å²) >= 11 is 13.2. The van der Waals surface area contributed by atoms with Gasteiger partial charge >= 0.3 is 0 Å². The van der Waals surface area contributed by atoms with E-state index in [4.69, 9.17) is 23.2 Å². The van der Waals surface area contributed by atoms with Crippen LogP contribution in [0, 0.1) is 11.6 Å². The number of thiazole rings is 1. The van der Waals surface area contributed by atoms with E-state index in [0.717, 1.165) is 12.1 Å². The summed E-state index contributed by atoms with van der Waals surface area (Å²) in [5, 5.41) is 5.51. The molecule has 1 N–H and O–H groups in total. The van der Waals surface area contributed by atoms with Gasteiger partial charge in [0.05, 0.1) is 10.7 Å². The summed E-state index contributed by atoms with van der Waals surface area (Å²) in [7, 11) is 0. The Morgan fingerprint density at radius 3 is 2.58 bits per heavy atom. The molecule has 2 aromatic carbocycles. The highest BCUT2D eigenvalue weighted by Gasteiger charge is 2.13. The van der Waals surface area contributed by atoms with Gasteiger partial charge in [0.15, 0.2) is 16.8 Å². The third kappa shape index (κ3) is 3.56. The third-order valence-electron chi connectivity index (χ3n) is 3.11. The number of hydrogen-bond acceptors (Lipinski definition) is 3. The molecule has 0 saturated carbocycles. The van der Waals surface area contributed by atoms with Crippen molar-refractivity contribution in [2.45, 2.75) is 0 Å². The Bertz CT molecular complexity index is 930. The maximum absolute atomic E-state index is 13.2. The van der Waals surface area contributed by atoms with E-state index in [0.29, 0.717) is 26.4 Å². The summed E-state index contributed by atoms with van der Waals surface area (Å²) in [4.78, 5) is 16.3. The van der Waals surface area contributed by atoms with Gasteiger partial charge in [0, 0.05) is 21.5 Å². The Kier molecular flexibility index (Phi) is 4.80. The normalized spacial score (nSPS) is 10.7. The van der Waals surface area contributed by atoms with E-state index >= 15 is 0 Å². The van der Waals surface area contributed by atoms with Crippen molar-refractivity contribution in [1.29, 1.82) is 0 Å². The van der Waals surface area contributed by atoms with Gasteiger partial charge in [-0.25, -0.2) is 13.8 Å². The van der Waals surface area contributed by atoms with E-state index in [-0.39, 0.29) is 5.56 Å². The Labute approximate surface area is 149 Å². The Hall–Kier alpha value is -2.02. The van der Waals surface area contributed by atoms with Gasteiger partial charge in [-0.15, -0.1) is 11.3 Å². The molecular weight excluding hydrogens is 377 g/mol. The van der Waals surface area contributed by atoms with Gasteiger partial charge in [-0.3, -0.25) is 10.1 Å². The first-order valence-corrected chi connectivity index (χ1v) is 8.25. The van der Waals surface area contributed by atoms with E-state index in [1.165, 1.54) is 17.4 Å². The molecule has 0 saturated heterocycles. The maximum atomic E-state index is 13.2. The molecule has 0 aliphatic heterocycles. The molecule has 1 amide bonds. The molecule has 0 radical (unpaired) electrons. The van der Waals surface area contributed by atoms with E-state index in [1.807, 2.05) is 0 Å². The molecule has 24 heavy (non-hydrogen) atoms. The first kappa shape index (κ1) is 16.8. The van der Waals surface area contributed by atoms with Crippen molar-refractivity contribution in [3.8, 4) is 11.3 Å². The molecule has 0 atom stereocenters. The highest BCUT2D eigenvalue weighted by atomic mass is 35.5. The third-order valence-corrected chi connectivity index (χ3v) is 4.42. The van der Waals surface area contributed by atoms with Crippen LogP contribution in [0.5, 0.6) is 0 Å². The zero-order valence-electron chi connectivity index (χ0n) is 11.8. The Morgan fingerprint density at radius 1 is 1.08 bits per heavy atom. The molecule has 3 aromatic rings. The van der Waals surface area contributed by atoms with Crippen LogP contribution in [-0.4, -0.2) is 10.9 Å². The van der Waals surface area contributed by atoms with Crippen molar-refractivity contribution in [1.82, 2.24) is 4.98 Å². The average molecular weight is 385 g/mol. The fourth-order valence-corrected chi connectivity index (χ4v) is 3.17. The van der Waals surface area contributed by atoms with Crippen LogP contribution >= 0.6 is 34.5 Å². The first-order chi connectivity index (χ1) is 11.4. The van der Waals surface area contributed by atoms with Gasteiger partial charge in [0.1, 0.15) is 0 Å². The molecule has 122 valence electrons. The largest absolute Gasteiger partial charge is 0.298 e. The monoisotopic (exact) mass is 384 g/mol. The fraction of sp³-hybridized carbons (Fsp3) is 0. The molecule has 1 heterocycles. The SMILES string of the molecule is O=C(Nc1nc(-c2ccc(Cl)cc2Cl)cs1)c1ccc(F)c(F)c1. The van der Waals surface area contributed by atoms with Crippen molar-refractivity contribution >= 4 is 45.6 Å². The van der Waals surface area contributed by atoms with Crippen molar-refractivity contribution < 1.29 is 13.6 Å². The Morgan fingerprint density at radius 2 is 1.88 bits per heavy atom. The number of rotatable bonds is 3. The Balaban J connectivity index is 1.80. The van der Waals surface area contributed by atoms with Gasteiger partial charge in [-0.1, -0.05) is 23.2 Å². The van der Waals surface area contributed by atoms with E-state index < -0.39 is 17.5 Å². The molecule has 8 heteroatoms.